The molecule has 3 aromatic rings. The molecule has 0 aliphatic heterocycles. The molecule has 100 valence electrons. The van der Waals surface area contributed by atoms with Crippen molar-refractivity contribution in [3.05, 3.63) is 66.1 Å². The number of aromatic nitrogens is 1. The molecule has 0 bridgehead atoms. The SMILES string of the molecule is OCCc1ccc2cccnc2c1-c1ccccc1F. The van der Waals surface area contributed by atoms with E-state index in [1.54, 1.807) is 18.3 Å². The lowest BCUT2D eigenvalue weighted by Gasteiger charge is -2.12. The highest BCUT2D eigenvalue weighted by Crippen LogP contribution is 2.32. The Hall–Kier alpha value is -2.26. The highest BCUT2D eigenvalue weighted by molar-refractivity contribution is 5.95. The summed E-state index contributed by atoms with van der Waals surface area (Å²) in [5.41, 5.74) is 2.97. The van der Waals surface area contributed by atoms with Crippen molar-refractivity contribution in [2.75, 3.05) is 6.61 Å². The van der Waals surface area contributed by atoms with Gasteiger partial charge in [-0.2, -0.15) is 0 Å². The molecule has 20 heavy (non-hydrogen) atoms. The maximum absolute atomic E-state index is 14.1. The fraction of sp³-hybridized carbons (Fsp3) is 0.118. The molecule has 3 rings (SSSR count). The molecule has 0 amide bonds. The van der Waals surface area contributed by atoms with Crippen molar-refractivity contribution in [1.82, 2.24) is 4.98 Å². The minimum absolute atomic E-state index is 0.0276. The predicted molar refractivity (Wildman–Crippen MR) is 77.9 cm³/mol. The van der Waals surface area contributed by atoms with E-state index in [-0.39, 0.29) is 12.4 Å². The van der Waals surface area contributed by atoms with Crippen LogP contribution in [0.1, 0.15) is 5.56 Å². The van der Waals surface area contributed by atoms with Crippen LogP contribution in [0.3, 0.4) is 0 Å². The van der Waals surface area contributed by atoms with Gasteiger partial charge in [-0.05, 0) is 24.1 Å². The van der Waals surface area contributed by atoms with Crippen LogP contribution in [0.4, 0.5) is 4.39 Å². The average Bonchev–Trinajstić information content (AvgIpc) is 2.48. The molecule has 1 aromatic heterocycles. The Morgan fingerprint density at radius 1 is 1.00 bits per heavy atom. The van der Waals surface area contributed by atoms with Gasteiger partial charge in [0.05, 0.1) is 5.52 Å². The van der Waals surface area contributed by atoms with Gasteiger partial charge in [0.25, 0.3) is 0 Å². The first-order valence-corrected chi connectivity index (χ1v) is 6.53. The minimum atomic E-state index is -0.273. The Labute approximate surface area is 116 Å². The number of hydrogen-bond acceptors (Lipinski definition) is 2. The molecule has 0 spiro atoms. The van der Waals surface area contributed by atoms with Gasteiger partial charge in [0.1, 0.15) is 5.82 Å². The van der Waals surface area contributed by atoms with E-state index in [0.29, 0.717) is 12.0 Å². The fourth-order valence-corrected chi connectivity index (χ4v) is 2.48. The topological polar surface area (TPSA) is 33.1 Å². The van der Waals surface area contributed by atoms with Gasteiger partial charge in [-0.25, -0.2) is 4.39 Å². The van der Waals surface area contributed by atoms with Crippen LogP contribution in [0.5, 0.6) is 0 Å². The number of rotatable bonds is 3. The highest BCUT2D eigenvalue weighted by atomic mass is 19.1. The number of fused-ring (bicyclic) bond motifs is 1. The molecule has 2 nitrogen and oxygen atoms in total. The summed E-state index contributed by atoms with van der Waals surface area (Å²) in [5, 5.41) is 10.2. The maximum atomic E-state index is 14.1. The second-order valence-corrected chi connectivity index (χ2v) is 4.63. The van der Waals surface area contributed by atoms with E-state index in [4.69, 9.17) is 0 Å². The molecule has 1 heterocycles. The standard InChI is InChI=1S/C17H14FNO/c18-15-6-2-1-5-14(15)16-12(9-11-20)7-8-13-4-3-10-19-17(13)16/h1-8,10,20H,9,11H2. The molecule has 0 radical (unpaired) electrons. The van der Waals surface area contributed by atoms with Crippen molar-refractivity contribution in [2.24, 2.45) is 0 Å². The van der Waals surface area contributed by atoms with Crippen molar-refractivity contribution in [1.29, 1.82) is 0 Å². The van der Waals surface area contributed by atoms with Gasteiger partial charge in [-0.15, -0.1) is 0 Å². The first-order valence-electron chi connectivity index (χ1n) is 6.53. The number of benzene rings is 2. The third-order valence-electron chi connectivity index (χ3n) is 3.39. The van der Waals surface area contributed by atoms with Crippen molar-refractivity contribution >= 4 is 10.9 Å². The lowest BCUT2D eigenvalue weighted by Crippen LogP contribution is -1.98. The zero-order valence-electron chi connectivity index (χ0n) is 10.9. The quantitative estimate of drug-likeness (QED) is 0.787. The summed E-state index contributed by atoms with van der Waals surface area (Å²) in [6.07, 6.45) is 2.19. The number of halogens is 1. The van der Waals surface area contributed by atoms with Crippen LogP contribution in [-0.2, 0) is 6.42 Å². The van der Waals surface area contributed by atoms with Gasteiger partial charge in [0, 0.05) is 29.3 Å². The average molecular weight is 267 g/mol. The molecule has 1 N–H and O–H groups in total. The largest absolute Gasteiger partial charge is 0.396 e. The van der Waals surface area contributed by atoms with Gasteiger partial charge in [0.15, 0.2) is 0 Å². The maximum Gasteiger partial charge on any atom is 0.131 e. The van der Waals surface area contributed by atoms with Gasteiger partial charge < -0.3 is 5.11 Å². The van der Waals surface area contributed by atoms with Crippen LogP contribution in [0.2, 0.25) is 0 Å². The van der Waals surface area contributed by atoms with Gasteiger partial charge in [0.2, 0.25) is 0 Å². The molecular weight excluding hydrogens is 253 g/mol. The van der Waals surface area contributed by atoms with Crippen molar-refractivity contribution in [3.63, 3.8) is 0 Å². The second-order valence-electron chi connectivity index (χ2n) is 4.63. The van der Waals surface area contributed by atoms with Crippen LogP contribution < -0.4 is 0 Å². The fourth-order valence-electron chi connectivity index (χ4n) is 2.48. The number of pyridine rings is 1. The second kappa shape index (κ2) is 5.39. The van der Waals surface area contributed by atoms with E-state index in [0.717, 1.165) is 22.0 Å². The molecular formula is C17H14FNO. The van der Waals surface area contributed by atoms with Crippen LogP contribution in [-0.4, -0.2) is 16.7 Å². The van der Waals surface area contributed by atoms with Gasteiger partial charge in [-0.1, -0.05) is 36.4 Å². The van der Waals surface area contributed by atoms with Gasteiger partial charge >= 0.3 is 0 Å². The van der Waals surface area contributed by atoms with Crippen LogP contribution >= 0.6 is 0 Å². The summed E-state index contributed by atoms with van der Waals surface area (Å²) in [5.74, 6) is -0.273. The monoisotopic (exact) mass is 267 g/mol. The number of aliphatic hydroxyl groups is 1. The number of hydrogen-bond donors (Lipinski definition) is 1. The highest BCUT2D eigenvalue weighted by Gasteiger charge is 2.13. The summed E-state index contributed by atoms with van der Waals surface area (Å²) in [4.78, 5) is 4.39. The predicted octanol–water partition coefficient (Wildman–Crippen LogP) is 3.58. The molecule has 0 aliphatic rings. The van der Waals surface area contributed by atoms with Crippen LogP contribution in [0.15, 0.2) is 54.7 Å². The van der Waals surface area contributed by atoms with Crippen LogP contribution in [0.25, 0.3) is 22.0 Å². The summed E-state index contributed by atoms with van der Waals surface area (Å²) in [6, 6.07) is 14.4. The molecule has 0 atom stereocenters. The van der Waals surface area contributed by atoms with E-state index in [1.165, 1.54) is 6.07 Å². The number of nitrogens with zero attached hydrogens (tertiary/aromatic N) is 1. The zero-order chi connectivity index (χ0) is 13.9. The Morgan fingerprint density at radius 3 is 2.65 bits per heavy atom. The van der Waals surface area contributed by atoms with Crippen molar-refractivity contribution in [2.45, 2.75) is 6.42 Å². The first-order chi connectivity index (χ1) is 9.81. The molecule has 0 aliphatic carbocycles. The lowest BCUT2D eigenvalue weighted by molar-refractivity contribution is 0.300. The van der Waals surface area contributed by atoms with Crippen molar-refractivity contribution < 1.29 is 9.50 Å². The summed E-state index contributed by atoms with van der Waals surface area (Å²) < 4.78 is 14.1. The normalized spacial score (nSPS) is 10.9. The Morgan fingerprint density at radius 2 is 1.85 bits per heavy atom. The van der Waals surface area contributed by atoms with E-state index in [1.807, 2.05) is 30.3 Å². The Balaban J connectivity index is 2.36. The van der Waals surface area contributed by atoms with E-state index in [9.17, 15) is 9.50 Å². The molecule has 2 aromatic carbocycles. The summed E-state index contributed by atoms with van der Waals surface area (Å²) >= 11 is 0. The van der Waals surface area contributed by atoms with E-state index < -0.39 is 0 Å². The van der Waals surface area contributed by atoms with E-state index >= 15 is 0 Å². The van der Waals surface area contributed by atoms with Crippen LogP contribution in [0, 0.1) is 5.82 Å². The van der Waals surface area contributed by atoms with E-state index in [2.05, 4.69) is 4.98 Å². The van der Waals surface area contributed by atoms with Gasteiger partial charge in [-0.3, -0.25) is 4.98 Å². The third kappa shape index (κ3) is 2.17. The summed E-state index contributed by atoms with van der Waals surface area (Å²) in [7, 11) is 0. The molecule has 0 saturated carbocycles. The first kappa shape index (κ1) is 12.8. The Bertz CT molecular complexity index is 755. The molecule has 0 unspecified atom stereocenters. The summed E-state index contributed by atoms with van der Waals surface area (Å²) in [6.45, 7) is 0.0276. The minimum Gasteiger partial charge on any atom is -0.396 e. The smallest absolute Gasteiger partial charge is 0.131 e. The molecule has 3 heteroatoms. The molecule has 0 saturated heterocycles. The number of aliphatic hydroxyl groups excluding tert-OH is 1. The molecule has 0 fully saturated rings. The zero-order valence-corrected chi connectivity index (χ0v) is 10.9. The van der Waals surface area contributed by atoms with Crippen molar-refractivity contribution in [3.8, 4) is 11.1 Å². The third-order valence-corrected chi connectivity index (χ3v) is 3.39. The lowest BCUT2D eigenvalue weighted by atomic mass is 9.94. The Kier molecular flexibility index (Phi) is 3.44.